The van der Waals surface area contributed by atoms with Crippen LogP contribution >= 0.6 is 34.2 Å². The normalized spacial score (nSPS) is 10.7. The zero-order valence-electron chi connectivity index (χ0n) is 10.3. The fourth-order valence-electron chi connectivity index (χ4n) is 1.90. The molecule has 5 nitrogen and oxygen atoms in total. The van der Waals surface area contributed by atoms with Crippen LogP contribution in [0.3, 0.4) is 0 Å². The summed E-state index contributed by atoms with van der Waals surface area (Å²) in [6, 6.07) is 2.82. The maximum Gasteiger partial charge on any atom is 0.294 e. The van der Waals surface area contributed by atoms with Gasteiger partial charge in [0.1, 0.15) is 5.69 Å². The van der Waals surface area contributed by atoms with Gasteiger partial charge in [0.15, 0.2) is 0 Å². The Balaban J connectivity index is 2.71. The second-order valence-corrected chi connectivity index (χ2v) is 5.69. The van der Waals surface area contributed by atoms with Gasteiger partial charge in [0.05, 0.1) is 15.6 Å². The van der Waals surface area contributed by atoms with E-state index < -0.39 is 4.92 Å². The molecule has 1 heterocycles. The van der Waals surface area contributed by atoms with Crippen molar-refractivity contribution in [2.45, 2.75) is 13.8 Å². The number of hydrogen-bond donors (Lipinski definition) is 1. The minimum absolute atomic E-state index is 0.0648. The van der Waals surface area contributed by atoms with Crippen molar-refractivity contribution in [2.24, 2.45) is 0 Å². The quantitative estimate of drug-likeness (QED) is 0.366. The molecule has 100 valence electrons. The number of nitrogen functional groups attached to an aromatic ring is 1. The molecule has 0 saturated carbocycles. The van der Waals surface area contributed by atoms with E-state index in [4.69, 9.17) is 17.3 Å². The zero-order chi connectivity index (χ0) is 14.3. The lowest BCUT2D eigenvalue weighted by atomic mass is 10.2. The van der Waals surface area contributed by atoms with Crippen molar-refractivity contribution in [3.05, 3.63) is 48.3 Å². The Labute approximate surface area is 128 Å². The van der Waals surface area contributed by atoms with Crippen LogP contribution in [0.5, 0.6) is 0 Å². The molecule has 0 aliphatic heterocycles. The average molecular weight is 392 g/mol. The molecule has 19 heavy (non-hydrogen) atoms. The number of hydrogen-bond acceptors (Lipinski definition) is 3. The highest BCUT2D eigenvalue weighted by Gasteiger charge is 2.18. The smallest absolute Gasteiger partial charge is 0.294 e. The summed E-state index contributed by atoms with van der Waals surface area (Å²) < 4.78 is 2.94. The van der Waals surface area contributed by atoms with Crippen LogP contribution in [-0.4, -0.2) is 9.49 Å². The van der Waals surface area contributed by atoms with E-state index in [1.54, 1.807) is 0 Å². The van der Waals surface area contributed by atoms with Crippen molar-refractivity contribution < 1.29 is 4.92 Å². The fourth-order valence-corrected chi connectivity index (χ4v) is 2.56. The summed E-state index contributed by atoms with van der Waals surface area (Å²) >= 11 is 8.38. The van der Waals surface area contributed by atoms with E-state index in [1.807, 2.05) is 24.6 Å². The molecule has 2 aromatic rings. The highest BCUT2D eigenvalue weighted by molar-refractivity contribution is 14.1. The average Bonchev–Trinajstić information content (AvgIpc) is 2.57. The summed E-state index contributed by atoms with van der Waals surface area (Å²) in [7, 11) is 0. The molecule has 1 aromatic carbocycles. The number of nitro groups is 1. The van der Waals surface area contributed by atoms with Gasteiger partial charge in [-0.3, -0.25) is 10.1 Å². The van der Waals surface area contributed by atoms with Crippen LogP contribution in [0.1, 0.15) is 11.3 Å². The second-order valence-electron chi connectivity index (χ2n) is 4.20. The number of nitrogens with two attached hydrogens (primary N) is 1. The van der Waals surface area contributed by atoms with Gasteiger partial charge >= 0.3 is 0 Å². The molecule has 0 spiro atoms. The van der Waals surface area contributed by atoms with Gasteiger partial charge < -0.3 is 10.3 Å². The summed E-state index contributed by atoms with van der Waals surface area (Å²) in [6.45, 7) is 3.91. The topological polar surface area (TPSA) is 74.1 Å². The van der Waals surface area contributed by atoms with E-state index in [9.17, 15) is 10.1 Å². The number of halogens is 2. The van der Waals surface area contributed by atoms with Crippen molar-refractivity contribution >= 4 is 45.6 Å². The van der Waals surface area contributed by atoms with Gasteiger partial charge in [-0.15, -0.1) is 0 Å². The minimum atomic E-state index is -0.508. The van der Waals surface area contributed by atoms with Gasteiger partial charge in [0.2, 0.25) is 0 Å². The SMILES string of the molecule is Cc1cn(-c2cc([N+](=O)[O-])c(N)cc2Cl)c(C)c1I. The Morgan fingerprint density at radius 2 is 2.05 bits per heavy atom. The van der Waals surface area contributed by atoms with Crippen molar-refractivity contribution in [3.8, 4) is 5.69 Å². The van der Waals surface area contributed by atoms with Crippen LogP contribution in [0.2, 0.25) is 5.02 Å². The lowest BCUT2D eigenvalue weighted by molar-refractivity contribution is -0.383. The third kappa shape index (κ3) is 2.42. The van der Waals surface area contributed by atoms with Crippen LogP contribution in [-0.2, 0) is 0 Å². The highest BCUT2D eigenvalue weighted by atomic mass is 127. The summed E-state index contributed by atoms with van der Waals surface area (Å²) in [6.07, 6.45) is 1.90. The van der Waals surface area contributed by atoms with Crippen molar-refractivity contribution in [3.63, 3.8) is 0 Å². The molecule has 0 aliphatic carbocycles. The first-order chi connectivity index (χ1) is 8.82. The number of anilines is 1. The highest BCUT2D eigenvalue weighted by Crippen LogP contribution is 2.33. The molecule has 0 atom stereocenters. The van der Waals surface area contributed by atoms with E-state index in [0.717, 1.165) is 14.8 Å². The van der Waals surface area contributed by atoms with Gasteiger partial charge in [-0.1, -0.05) is 11.6 Å². The first-order valence-corrected chi connectivity index (χ1v) is 6.86. The van der Waals surface area contributed by atoms with E-state index in [2.05, 4.69) is 22.6 Å². The van der Waals surface area contributed by atoms with E-state index in [0.29, 0.717) is 10.7 Å². The molecule has 7 heteroatoms. The standard InChI is InChI=1S/C12H11ClIN3O2/c1-6-5-16(7(2)12(6)14)10-4-11(17(18)19)9(15)3-8(10)13/h3-5H,15H2,1-2H3. The Bertz CT molecular complexity index is 682. The van der Waals surface area contributed by atoms with Crippen LogP contribution in [0.15, 0.2) is 18.3 Å². The third-order valence-corrected chi connectivity index (χ3v) is 4.83. The summed E-state index contributed by atoms with van der Waals surface area (Å²) in [5, 5.41) is 11.3. The van der Waals surface area contributed by atoms with Crippen molar-refractivity contribution in [2.75, 3.05) is 5.73 Å². The molecule has 0 fully saturated rings. The van der Waals surface area contributed by atoms with Gasteiger partial charge in [-0.05, 0) is 48.1 Å². The molecular formula is C12H11ClIN3O2. The van der Waals surface area contributed by atoms with E-state index >= 15 is 0 Å². The van der Waals surface area contributed by atoms with Crippen molar-refractivity contribution in [1.29, 1.82) is 0 Å². The Hall–Kier alpha value is -1.28. The van der Waals surface area contributed by atoms with Gasteiger partial charge in [-0.25, -0.2) is 0 Å². The van der Waals surface area contributed by atoms with Crippen LogP contribution in [0, 0.1) is 27.5 Å². The largest absolute Gasteiger partial charge is 0.393 e. The molecule has 1 aromatic heterocycles. The Morgan fingerprint density at radius 3 is 2.53 bits per heavy atom. The molecular weight excluding hydrogens is 381 g/mol. The molecule has 0 aliphatic rings. The second kappa shape index (κ2) is 5.01. The van der Waals surface area contributed by atoms with Gasteiger partial charge in [-0.2, -0.15) is 0 Å². The predicted octanol–water partition coefficient (Wildman–Crippen LogP) is 3.84. The van der Waals surface area contributed by atoms with Crippen LogP contribution in [0.25, 0.3) is 5.69 Å². The number of nitrogens with zero attached hydrogens (tertiary/aromatic N) is 2. The maximum absolute atomic E-state index is 10.9. The zero-order valence-corrected chi connectivity index (χ0v) is 13.2. The lowest BCUT2D eigenvalue weighted by Gasteiger charge is -2.09. The molecule has 2 rings (SSSR count). The molecule has 0 amide bonds. The van der Waals surface area contributed by atoms with Crippen LogP contribution in [0.4, 0.5) is 11.4 Å². The molecule has 0 bridgehead atoms. The molecule has 2 N–H and O–H groups in total. The third-order valence-electron chi connectivity index (χ3n) is 2.90. The number of nitro benzene ring substituents is 1. The van der Waals surface area contributed by atoms with E-state index in [1.165, 1.54) is 12.1 Å². The number of benzene rings is 1. The fraction of sp³-hybridized carbons (Fsp3) is 0.167. The predicted molar refractivity (Wildman–Crippen MR) is 84.0 cm³/mol. The molecule has 0 saturated heterocycles. The van der Waals surface area contributed by atoms with Crippen molar-refractivity contribution in [1.82, 2.24) is 4.57 Å². The minimum Gasteiger partial charge on any atom is -0.393 e. The summed E-state index contributed by atoms with van der Waals surface area (Å²) in [4.78, 5) is 10.4. The van der Waals surface area contributed by atoms with E-state index in [-0.39, 0.29) is 11.4 Å². The Kier molecular flexibility index (Phi) is 3.73. The number of rotatable bonds is 2. The number of aromatic nitrogens is 1. The summed E-state index contributed by atoms with van der Waals surface area (Å²) in [5.74, 6) is 0. The first-order valence-electron chi connectivity index (χ1n) is 5.40. The molecule has 0 radical (unpaired) electrons. The van der Waals surface area contributed by atoms with Crippen LogP contribution < -0.4 is 5.73 Å². The summed E-state index contributed by atoms with van der Waals surface area (Å²) in [5.41, 5.74) is 8.17. The maximum atomic E-state index is 10.9. The van der Waals surface area contributed by atoms with Gasteiger partial charge in [0.25, 0.3) is 5.69 Å². The lowest BCUT2D eigenvalue weighted by Crippen LogP contribution is -2.01. The number of aryl methyl sites for hydroxylation is 1. The first kappa shape index (κ1) is 14.1. The Morgan fingerprint density at radius 1 is 1.42 bits per heavy atom. The monoisotopic (exact) mass is 391 g/mol. The van der Waals surface area contributed by atoms with Gasteiger partial charge in [0, 0.05) is 21.5 Å². The molecule has 0 unspecified atom stereocenters.